The van der Waals surface area contributed by atoms with Crippen LogP contribution in [0.2, 0.25) is 5.15 Å². The van der Waals surface area contributed by atoms with Crippen LogP contribution in [0.5, 0.6) is 0 Å². The van der Waals surface area contributed by atoms with Gasteiger partial charge in [-0.1, -0.05) is 11.6 Å². The fourth-order valence-electron chi connectivity index (χ4n) is 2.12. The van der Waals surface area contributed by atoms with Crippen LogP contribution in [0.15, 0.2) is 30.5 Å². The van der Waals surface area contributed by atoms with Crippen LogP contribution in [0.25, 0.3) is 0 Å². The second-order valence-corrected chi connectivity index (χ2v) is 5.43. The number of nitrogens with zero attached hydrogens (tertiary/aromatic N) is 4. The first-order valence-electron chi connectivity index (χ1n) is 6.79. The lowest BCUT2D eigenvalue weighted by atomic mass is 10.2. The number of carbonyl (C=O) groups excluding carboxylic acids is 1. The third-order valence-electron chi connectivity index (χ3n) is 3.29. The average molecular weight is 330 g/mol. The lowest BCUT2D eigenvalue weighted by molar-refractivity contribution is -0.107. The number of amides is 1. The average Bonchev–Trinajstić information content (AvgIpc) is 2.54. The number of nitriles is 1. The fraction of sp³-hybridized carbons (Fsp3) is 0.188. The Hall–Kier alpha value is -2.78. The van der Waals surface area contributed by atoms with Crippen LogP contribution in [-0.4, -0.2) is 32.5 Å². The van der Waals surface area contributed by atoms with E-state index in [1.807, 2.05) is 43.3 Å². The number of benzene rings is 1. The summed E-state index contributed by atoms with van der Waals surface area (Å²) in [5.74, 6) is 0. The van der Waals surface area contributed by atoms with Gasteiger partial charge in [0.25, 0.3) is 0 Å². The minimum Gasteiger partial charge on any atom is -0.376 e. The number of halogens is 1. The van der Waals surface area contributed by atoms with Gasteiger partial charge in [0, 0.05) is 33.0 Å². The molecule has 0 radical (unpaired) electrons. The van der Waals surface area contributed by atoms with Crippen LogP contribution in [-0.2, 0) is 4.79 Å². The first-order valence-corrected chi connectivity index (χ1v) is 7.17. The number of hydrogen-bond acceptors (Lipinski definition) is 5. The van der Waals surface area contributed by atoms with Gasteiger partial charge in [0.15, 0.2) is 0 Å². The minimum absolute atomic E-state index is 0.146. The molecule has 1 amide bonds. The molecule has 0 saturated heterocycles. The number of carbonyl (C=O) groups is 1. The number of pyridine rings is 1. The SMILES string of the molecule is CN(C)c1ccc(Nc2ccnc(Cl)c2C#N)cc1N(C)C=O. The molecule has 0 aliphatic rings. The van der Waals surface area contributed by atoms with E-state index in [4.69, 9.17) is 11.6 Å². The maximum Gasteiger partial charge on any atom is 0.213 e. The second-order valence-electron chi connectivity index (χ2n) is 5.08. The van der Waals surface area contributed by atoms with E-state index in [0.717, 1.165) is 23.5 Å². The van der Waals surface area contributed by atoms with E-state index in [1.165, 1.54) is 11.1 Å². The predicted octanol–water partition coefficient (Wildman–Crippen LogP) is 3.01. The number of aromatic nitrogens is 1. The Kier molecular flexibility index (Phi) is 5.04. The summed E-state index contributed by atoms with van der Waals surface area (Å²) in [5, 5.41) is 12.5. The lowest BCUT2D eigenvalue weighted by Gasteiger charge is -2.22. The molecular formula is C16H16ClN5O. The molecule has 0 aliphatic heterocycles. The van der Waals surface area contributed by atoms with Crippen LogP contribution in [0.3, 0.4) is 0 Å². The van der Waals surface area contributed by atoms with E-state index in [0.29, 0.717) is 5.69 Å². The molecule has 1 aromatic carbocycles. The molecular weight excluding hydrogens is 314 g/mol. The minimum atomic E-state index is 0.146. The highest BCUT2D eigenvalue weighted by Crippen LogP contribution is 2.32. The molecule has 118 valence electrons. The highest BCUT2D eigenvalue weighted by Gasteiger charge is 2.12. The third-order valence-corrected chi connectivity index (χ3v) is 3.58. The van der Waals surface area contributed by atoms with E-state index in [-0.39, 0.29) is 10.7 Å². The molecule has 2 aromatic rings. The van der Waals surface area contributed by atoms with Crippen LogP contribution >= 0.6 is 11.6 Å². The summed E-state index contributed by atoms with van der Waals surface area (Å²) in [4.78, 5) is 18.4. The first kappa shape index (κ1) is 16.6. The smallest absolute Gasteiger partial charge is 0.213 e. The molecule has 0 unspecified atom stereocenters. The highest BCUT2D eigenvalue weighted by molar-refractivity contribution is 6.31. The van der Waals surface area contributed by atoms with Gasteiger partial charge in [0.1, 0.15) is 16.8 Å². The number of anilines is 4. The Labute approximate surface area is 139 Å². The van der Waals surface area contributed by atoms with E-state index in [2.05, 4.69) is 10.3 Å². The molecule has 0 saturated carbocycles. The largest absolute Gasteiger partial charge is 0.376 e. The van der Waals surface area contributed by atoms with Crippen molar-refractivity contribution in [1.29, 1.82) is 5.26 Å². The molecule has 0 bridgehead atoms. The van der Waals surface area contributed by atoms with Crippen LogP contribution in [0, 0.1) is 11.3 Å². The zero-order valence-electron chi connectivity index (χ0n) is 13.0. The normalized spacial score (nSPS) is 9.87. The maximum absolute atomic E-state index is 11.1. The van der Waals surface area contributed by atoms with Crippen LogP contribution < -0.4 is 15.1 Å². The van der Waals surface area contributed by atoms with Crippen molar-refractivity contribution in [3.8, 4) is 6.07 Å². The van der Waals surface area contributed by atoms with Gasteiger partial charge in [-0.25, -0.2) is 4.98 Å². The Morgan fingerprint density at radius 1 is 1.26 bits per heavy atom. The Morgan fingerprint density at radius 2 is 2.00 bits per heavy atom. The topological polar surface area (TPSA) is 72.3 Å². The molecule has 1 N–H and O–H groups in total. The predicted molar refractivity (Wildman–Crippen MR) is 92.5 cm³/mol. The van der Waals surface area contributed by atoms with Gasteiger partial charge in [-0.2, -0.15) is 5.26 Å². The molecule has 2 rings (SSSR count). The zero-order valence-corrected chi connectivity index (χ0v) is 13.8. The van der Waals surface area contributed by atoms with Gasteiger partial charge in [-0.05, 0) is 24.3 Å². The van der Waals surface area contributed by atoms with Crippen molar-refractivity contribution in [1.82, 2.24) is 4.98 Å². The molecule has 1 aromatic heterocycles. The van der Waals surface area contributed by atoms with Crippen molar-refractivity contribution in [3.05, 3.63) is 41.2 Å². The van der Waals surface area contributed by atoms with E-state index < -0.39 is 0 Å². The molecule has 0 atom stereocenters. The summed E-state index contributed by atoms with van der Waals surface area (Å²) in [6.07, 6.45) is 2.27. The third kappa shape index (κ3) is 3.52. The molecule has 1 heterocycles. The van der Waals surface area contributed by atoms with Crippen molar-refractivity contribution in [3.63, 3.8) is 0 Å². The van der Waals surface area contributed by atoms with Gasteiger partial charge in [-0.3, -0.25) is 4.79 Å². The van der Waals surface area contributed by atoms with Crippen LogP contribution in [0.4, 0.5) is 22.7 Å². The number of nitrogens with one attached hydrogen (secondary N) is 1. The van der Waals surface area contributed by atoms with Gasteiger partial charge in [0.2, 0.25) is 6.41 Å². The molecule has 0 aliphatic carbocycles. The molecule has 0 fully saturated rings. The summed E-state index contributed by atoms with van der Waals surface area (Å²) in [6.45, 7) is 0. The monoisotopic (exact) mass is 329 g/mol. The second kappa shape index (κ2) is 6.99. The van der Waals surface area contributed by atoms with Crippen molar-refractivity contribution in [2.75, 3.05) is 36.3 Å². The van der Waals surface area contributed by atoms with Gasteiger partial charge in [0.05, 0.1) is 17.1 Å². The summed E-state index contributed by atoms with van der Waals surface area (Å²) in [7, 11) is 5.49. The lowest BCUT2D eigenvalue weighted by Crippen LogP contribution is -2.19. The molecule has 7 heteroatoms. The fourth-order valence-corrected chi connectivity index (χ4v) is 2.32. The maximum atomic E-state index is 11.1. The van der Waals surface area contributed by atoms with E-state index in [9.17, 15) is 10.1 Å². The summed E-state index contributed by atoms with van der Waals surface area (Å²) < 4.78 is 0. The Morgan fingerprint density at radius 3 is 2.61 bits per heavy atom. The van der Waals surface area contributed by atoms with Crippen molar-refractivity contribution >= 4 is 40.8 Å². The zero-order chi connectivity index (χ0) is 17.0. The van der Waals surface area contributed by atoms with Crippen molar-refractivity contribution in [2.45, 2.75) is 0 Å². The van der Waals surface area contributed by atoms with E-state index >= 15 is 0 Å². The number of rotatable bonds is 5. The number of hydrogen-bond donors (Lipinski definition) is 1. The van der Waals surface area contributed by atoms with E-state index in [1.54, 1.807) is 13.1 Å². The molecule has 6 nitrogen and oxygen atoms in total. The first-order chi connectivity index (χ1) is 11.0. The van der Waals surface area contributed by atoms with Crippen molar-refractivity contribution in [2.24, 2.45) is 0 Å². The summed E-state index contributed by atoms with van der Waals surface area (Å²) in [5.41, 5.74) is 3.21. The molecule has 0 spiro atoms. The van der Waals surface area contributed by atoms with Crippen LogP contribution in [0.1, 0.15) is 5.56 Å². The van der Waals surface area contributed by atoms with Gasteiger partial charge in [-0.15, -0.1) is 0 Å². The Balaban J connectivity index is 2.44. The van der Waals surface area contributed by atoms with Gasteiger partial charge >= 0.3 is 0 Å². The molecule has 23 heavy (non-hydrogen) atoms. The van der Waals surface area contributed by atoms with Crippen molar-refractivity contribution < 1.29 is 4.79 Å². The summed E-state index contributed by atoms with van der Waals surface area (Å²) in [6, 6.07) is 9.30. The summed E-state index contributed by atoms with van der Waals surface area (Å²) >= 11 is 5.93. The van der Waals surface area contributed by atoms with Gasteiger partial charge < -0.3 is 15.1 Å². The quantitative estimate of drug-likeness (QED) is 0.674. The Bertz CT molecular complexity index is 770. The standard InChI is InChI=1S/C16H16ClN5O/c1-21(2)14-5-4-11(8-15(14)22(3)10-23)20-13-6-7-19-16(17)12(13)9-18/h4-8,10H,1-3H3,(H,19,20). The highest BCUT2D eigenvalue weighted by atomic mass is 35.5.